The summed E-state index contributed by atoms with van der Waals surface area (Å²) in [5.74, 6) is 0.590. The molecule has 0 saturated carbocycles. The zero-order valence-electron chi connectivity index (χ0n) is 15.6. The number of rotatable bonds is 6. The summed E-state index contributed by atoms with van der Waals surface area (Å²) < 4.78 is 5.30. The van der Waals surface area contributed by atoms with E-state index < -0.39 is 6.10 Å². The van der Waals surface area contributed by atoms with Gasteiger partial charge in [-0.05, 0) is 24.1 Å². The van der Waals surface area contributed by atoms with E-state index in [2.05, 4.69) is 4.99 Å². The predicted octanol–water partition coefficient (Wildman–Crippen LogP) is 5.07. The molecule has 1 amide bonds. The molecular weight excluding hydrogens is 399 g/mol. The molecule has 3 rings (SSSR count). The van der Waals surface area contributed by atoms with Gasteiger partial charge in [0, 0.05) is 21.2 Å². The van der Waals surface area contributed by atoms with Crippen molar-refractivity contribution in [1.82, 2.24) is 4.90 Å². The molecule has 0 spiro atoms. The maximum absolute atomic E-state index is 12.3. The SMILES string of the molecule is CCCCOC(=O)N1CCN=C1c1ccc(C(O)c2ccc(Cl)cc2Cl)cc1. The molecule has 5 nitrogen and oxygen atoms in total. The van der Waals surface area contributed by atoms with Crippen LogP contribution in [-0.2, 0) is 4.74 Å². The second-order valence-corrected chi connectivity index (χ2v) is 7.36. The van der Waals surface area contributed by atoms with Gasteiger partial charge in [-0.15, -0.1) is 0 Å². The summed E-state index contributed by atoms with van der Waals surface area (Å²) in [6.45, 7) is 3.50. The highest BCUT2D eigenvalue weighted by molar-refractivity contribution is 6.35. The second-order valence-electron chi connectivity index (χ2n) is 6.52. The van der Waals surface area contributed by atoms with Crippen LogP contribution in [0.25, 0.3) is 0 Å². The maximum atomic E-state index is 12.3. The van der Waals surface area contributed by atoms with Crippen LogP contribution in [0.15, 0.2) is 47.5 Å². The van der Waals surface area contributed by atoms with Gasteiger partial charge in [-0.1, -0.05) is 66.9 Å². The topological polar surface area (TPSA) is 62.1 Å². The number of nitrogens with zero attached hydrogens (tertiary/aromatic N) is 2. The lowest BCUT2D eigenvalue weighted by Gasteiger charge is -2.19. The number of aliphatic imine (C=N–C) groups is 1. The molecule has 1 unspecified atom stereocenters. The molecule has 0 bridgehead atoms. The van der Waals surface area contributed by atoms with Crippen LogP contribution in [0.1, 0.15) is 42.6 Å². The van der Waals surface area contributed by atoms with Crippen LogP contribution in [0.4, 0.5) is 4.79 Å². The Labute approximate surface area is 174 Å². The number of benzene rings is 2. The summed E-state index contributed by atoms with van der Waals surface area (Å²) in [5.41, 5.74) is 2.06. The quantitative estimate of drug-likeness (QED) is 0.663. The summed E-state index contributed by atoms with van der Waals surface area (Å²) >= 11 is 12.1. The van der Waals surface area contributed by atoms with Crippen molar-refractivity contribution in [1.29, 1.82) is 0 Å². The Hall–Kier alpha value is -2.08. The van der Waals surface area contributed by atoms with Crippen LogP contribution >= 0.6 is 23.2 Å². The lowest BCUT2D eigenvalue weighted by Crippen LogP contribution is -2.35. The van der Waals surface area contributed by atoms with E-state index in [-0.39, 0.29) is 6.09 Å². The van der Waals surface area contributed by atoms with Gasteiger partial charge >= 0.3 is 6.09 Å². The van der Waals surface area contributed by atoms with Gasteiger partial charge in [-0.3, -0.25) is 9.89 Å². The number of aliphatic hydroxyl groups is 1. The highest BCUT2D eigenvalue weighted by Gasteiger charge is 2.26. The molecule has 1 aliphatic heterocycles. The highest BCUT2D eigenvalue weighted by atomic mass is 35.5. The van der Waals surface area contributed by atoms with Gasteiger partial charge in [0.1, 0.15) is 11.9 Å². The summed E-state index contributed by atoms with van der Waals surface area (Å²) in [6.07, 6.45) is 0.558. The molecule has 1 N–H and O–H groups in total. The van der Waals surface area contributed by atoms with Crippen molar-refractivity contribution in [2.24, 2.45) is 4.99 Å². The number of hydrogen-bond donors (Lipinski definition) is 1. The number of hydrogen-bond acceptors (Lipinski definition) is 4. The summed E-state index contributed by atoms with van der Waals surface area (Å²) in [4.78, 5) is 18.3. The highest BCUT2D eigenvalue weighted by Crippen LogP contribution is 2.30. The fourth-order valence-electron chi connectivity index (χ4n) is 2.97. The minimum absolute atomic E-state index is 0.373. The van der Waals surface area contributed by atoms with Crippen LogP contribution in [0.5, 0.6) is 0 Å². The first kappa shape index (κ1) is 20.6. The Balaban J connectivity index is 1.74. The molecule has 2 aromatic rings. The number of halogens is 2. The van der Waals surface area contributed by atoms with E-state index >= 15 is 0 Å². The zero-order chi connectivity index (χ0) is 20.1. The van der Waals surface area contributed by atoms with Crippen molar-refractivity contribution < 1.29 is 14.6 Å². The Bertz CT molecular complexity index is 868. The van der Waals surface area contributed by atoms with E-state index in [0.717, 1.165) is 18.4 Å². The van der Waals surface area contributed by atoms with Gasteiger partial charge in [0.2, 0.25) is 0 Å². The Morgan fingerprint density at radius 2 is 2.00 bits per heavy atom. The van der Waals surface area contributed by atoms with Crippen molar-refractivity contribution in [2.75, 3.05) is 19.7 Å². The maximum Gasteiger partial charge on any atom is 0.415 e. The molecule has 1 aliphatic rings. The van der Waals surface area contributed by atoms with Gasteiger partial charge < -0.3 is 9.84 Å². The van der Waals surface area contributed by atoms with Gasteiger partial charge in [-0.25, -0.2) is 4.79 Å². The number of amides is 1. The number of carbonyl (C=O) groups is 1. The third-order valence-corrected chi connectivity index (χ3v) is 5.09. The molecular formula is C21H22Cl2N2O3. The first-order valence-electron chi connectivity index (χ1n) is 9.23. The zero-order valence-corrected chi connectivity index (χ0v) is 17.1. The van der Waals surface area contributed by atoms with Gasteiger partial charge in [0.15, 0.2) is 0 Å². The van der Waals surface area contributed by atoms with Gasteiger partial charge in [0.25, 0.3) is 0 Å². The second kappa shape index (κ2) is 9.41. The smallest absolute Gasteiger partial charge is 0.415 e. The van der Waals surface area contributed by atoms with Crippen LogP contribution in [0, 0.1) is 0 Å². The Morgan fingerprint density at radius 3 is 2.68 bits per heavy atom. The molecule has 1 heterocycles. The lowest BCUT2D eigenvalue weighted by atomic mass is 10.00. The van der Waals surface area contributed by atoms with E-state index in [9.17, 15) is 9.90 Å². The number of ether oxygens (including phenoxy) is 1. The van der Waals surface area contributed by atoms with E-state index in [1.54, 1.807) is 35.2 Å². The monoisotopic (exact) mass is 420 g/mol. The third-order valence-electron chi connectivity index (χ3n) is 4.53. The fraction of sp³-hybridized carbons (Fsp3) is 0.333. The number of aliphatic hydroxyl groups excluding tert-OH is 1. The van der Waals surface area contributed by atoms with E-state index in [1.807, 2.05) is 19.1 Å². The molecule has 2 aromatic carbocycles. The normalized spacial score (nSPS) is 14.7. The molecule has 148 valence electrons. The first-order valence-corrected chi connectivity index (χ1v) is 9.99. The van der Waals surface area contributed by atoms with Crippen LogP contribution in [-0.4, -0.2) is 41.6 Å². The average molecular weight is 421 g/mol. The van der Waals surface area contributed by atoms with Crippen molar-refractivity contribution in [3.63, 3.8) is 0 Å². The molecule has 0 fully saturated rings. The number of unbranched alkanes of at least 4 members (excludes halogenated alkanes) is 1. The molecule has 1 atom stereocenters. The standard InChI is InChI=1S/C21H22Cl2N2O3/c1-2-3-12-28-21(27)25-11-10-24-20(25)15-6-4-14(5-7-15)19(26)17-9-8-16(22)13-18(17)23/h4-9,13,19,26H,2-3,10-12H2,1H3. The molecule has 0 aliphatic carbocycles. The third kappa shape index (κ3) is 4.66. The van der Waals surface area contributed by atoms with Crippen molar-refractivity contribution in [3.8, 4) is 0 Å². The van der Waals surface area contributed by atoms with Crippen molar-refractivity contribution in [3.05, 3.63) is 69.2 Å². The molecule has 7 heteroatoms. The van der Waals surface area contributed by atoms with Crippen molar-refractivity contribution in [2.45, 2.75) is 25.9 Å². The number of carbonyl (C=O) groups excluding carboxylic acids is 1. The summed E-state index contributed by atoms with van der Waals surface area (Å²) in [5, 5.41) is 11.6. The lowest BCUT2D eigenvalue weighted by molar-refractivity contribution is 0.123. The Morgan fingerprint density at radius 1 is 1.25 bits per heavy atom. The van der Waals surface area contributed by atoms with E-state index in [1.165, 1.54) is 0 Å². The van der Waals surface area contributed by atoms with Crippen LogP contribution in [0.2, 0.25) is 10.0 Å². The summed E-state index contributed by atoms with van der Waals surface area (Å²) in [7, 11) is 0. The minimum atomic E-state index is -0.876. The number of amidine groups is 1. The largest absolute Gasteiger partial charge is 0.449 e. The van der Waals surface area contributed by atoms with Crippen molar-refractivity contribution >= 4 is 35.1 Å². The van der Waals surface area contributed by atoms with E-state index in [4.69, 9.17) is 27.9 Å². The van der Waals surface area contributed by atoms with E-state index in [0.29, 0.717) is 46.7 Å². The summed E-state index contributed by atoms with van der Waals surface area (Å²) in [6, 6.07) is 12.3. The molecule has 0 saturated heterocycles. The molecule has 28 heavy (non-hydrogen) atoms. The average Bonchev–Trinajstić information content (AvgIpc) is 3.18. The van der Waals surface area contributed by atoms with Crippen LogP contribution in [0.3, 0.4) is 0 Å². The predicted molar refractivity (Wildman–Crippen MR) is 111 cm³/mol. The van der Waals surface area contributed by atoms with Crippen LogP contribution < -0.4 is 0 Å². The Kier molecular flexibility index (Phi) is 6.94. The van der Waals surface area contributed by atoms with Gasteiger partial charge in [0.05, 0.1) is 19.7 Å². The first-order chi connectivity index (χ1) is 13.5. The molecule has 0 radical (unpaired) electrons. The van der Waals surface area contributed by atoms with Gasteiger partial charge in [-0.2, -0.15) is 0 Å². The minimum Gasteiger partial charge on any atom is -0.449 e. The fourth-order valence-corrected chi connectivity index (χ4v) is 3.48. The molecule has 0 aromatic heterocycles.